The first-order valence-corrected chi connectivity index (χ1v) is 12.5. The lowest BCUT2D eigenvalue weighted by Gasteiger charge is -2.34. The summed E-state index contributed by atoms with van der Waals surface area (Å²) in [6, 6.07) is 11.6. The van der Waals surface area contributed by atoms with E-state index in [0.717, 1.165) is 10.5 Å². The molecule has 1 saturated heterocycles. The summed E-state index contributed by atoms with van der Waals surface area (Å²) in [6.45, 7) is 7.78. The predicted octanol–water partition coefficient (Wildman–Crippen LogP) is 3.03. The van der Waals surface area contributed by atoms with Crippen molar-refractivity contribution in [3.63, 3.8) is 0 Å². The molecule has 0 spiro atoms. The molecule has 1 heterocycles. The molecular formula is C22H28Cl2N3O3S+. The SMILES string of the molecule is CC(C)c1ccc(S(=O)(=O)N2CC[NH+]([C@@H](C)C(=O)Nc3cc(Cl)ccc3Cl)CC2)cc1. The van der Waals surface area contributed by atoms with Crippen LogP contribution in [-0.2, 0) is 14.8 Å². The zero-order valence-electron chi connectivity index (χ0n) is 17.9. The van der Waals surface area contributed by atoms with Crippen molar-refractivity contribution in [3.05, 3.63) is 58.1 Å². The largest absolute Gasteiger partial charge is 0.323 e. The Hall–Kier alpha value is -1.64. The van der Waals surface area contributed by atoms with Gasteiger partial charge in [0.1, 0.15) is 0 Å². The zero-order valence-corrected chi connectivity index (χ0v) is 20.2. The lowest BCUT2D eigenvalue weighted by atomic mass is 10.0. The lowest BCUT2D eigenvalue weighted by Crippen LogP contribution is -3.19. The van der Waals surface area contributed by atoms with E-state index in [9.17, 15) is 13.2 Å². The van der Waals surface area contributed by atoms with E-state index in [1.54, 1.807) is 30.3 Å². The van der Waals surface area contributed by atoms with E-state index in [1.165, 1.54) is 4.31 Å². The van der Waals surface area contributed by atoms with Gasteiger partial charge in [-0.2, -0.15) is 4.31 Å². The number of hydrogen-bond donors (Lipinski definition) is 2. The van der Waals surface area contributed by atoms with Crippen molar-refractivity contribution < 1.29 is 18.1 Å². The number of hydrogen-bond acceptors (Lipinski definition) is 3. The van der Waals surface area contributed by atoms with Crippen LogP contribution in [0.5, 0.6) is 0 Å². The van der Waals surface area contributed by atoms with E-state index in [2.05, 4.69) is 19.2 Å². The first-order valence-electron chi connectivity index (χ1n) is 10.3. The highest BCUT2D eigenvalue weighted by Crippen LogP contribution is 2.25. The van der Waals surface area contributed by atoms with E-state index in [4.69, 9.17) is 23.2 Å². The first-order chi connectivity index (χ1) is 14.6. The molecular weight excluding hydrogens is 457 g/mol. The van der Waals surface area contributed by atoms with Gasteiger partial charge in [-0.15, -0.1) is 0 Å². The van der Waals surface area contributed by atoms with Crippen LogP contribution in [0.15, 0.2) is 47.4 Å². The standard InChI is InChI=1S/C22H27Cl2N3O3S/c1-15(2)17-4-7-19(8-5-17)31(29,30)27-12-10-26(11-13-27)16(3)22(28)25-21-14-18(23)6-9-20(21)24/h4-9,14-16H,10-13H2,1-3H3,(H,25,28)/p+1/t16-/m0/s1. The van der Waals surface area contributed by atoms with Gasteiger partial charge in [0.15, 0.2) is 6.04 Å². The van der Waals surface area contributed by atoms with Crippen LogP contribution in [0.3, 0.4) is 0 Å². The molecule has 0 bridgehead atoms. The summed E-state index contributed by atoms with van der Waals surface area (Å²) in [5, 5.41) is 3.72. The maximum absolute atomic E-state index is 13.0. The Bertz CT molecular complexity index is 1030. The number of amides is 1. The molecule has 2 aromatic carbocycles. The number of piperazine rings is 1. The van der Waals surface area contributed by atoms with Gasteiger partial charge in [0, 0.05) is 5.02 Å². The minimum Gasteiger partial charge on any atom is -0.323 e. The summed E-state index contributed by atoms with van der Waals surface area (Å²) in [5.74, 6) is 0.165. The van der Waals surface area contributed by atoms with Crippen molar-refractivity contribution in [1.82, 2.24) is 4.31 Å². The molecule has 0 aliphatic carbocycles. The Morgan fingerprint density at radius 1 is 1.03 bits per heavy atom. The van der Waals surface area contributed by atoms with Gasteiger partial charge in [0.25, 0.3) is 5.91 Å². The number of nitrogens with one attached hydrogen (secondary N) is 2. The van der Waals surface area contributed by atoms with Crippen LogP contribution >= 0.6 is 23.2 Å². The van der Waals surface area contributed by atoms with Gasteiger partial charge in [-0.3, -0.25) is 4.79 Å². The average molecular weight is 485 g/mol. The second-order valence-electron chi connectivity index (χ2n) is 8.12. The van der Waals surface area contributed by atoms with Gasteiger partial charge >= 0.3 is 0 Å². The summed E-state index contributed by atoms with van der Waals surface area (Å²) in [4.78, 5) is 14.0. The Morgan fingerprint density at radius 3 is 2.23 bits per heavy atom. The maximum Gasteiger partial charge on any atom is 0.282 e. The van der Waals surface area contributed by atoms with Gasteiger partial charge in [0.2, 0.25) is 10.0 Å². The van der Waals surface area contributed by atoms with Crippen LogP contribution in [0.4, 0.5) is 5.69 Å². The Labute approximate surface area is 194 Å². The molecule has 9 heteroatoms. The van der Waals surface area contributed by atoms with Crippen molar-refractivity contribution in [1.29, 1.82) is 0 Å². The molecule has 1 fully saturated rings. The quantitative estimate of drug-likeness (QED) is 0.661. The molecule has 2 N–H and O–H groups in total. The number of carbonyl (C=O) groups is 1. The van der Waals surface area contributed by atoms with E-state index in [-0.39, 0.29) is 11.9 Å². The Balaban J connectivity index is 1.61. The topological polar surface area (TPSA) is 70.9 Å². The second kappa shape index (κ2) is 9.88. The number of benzene rings is 2. The number of quaternary nitrogens is 1. The van der Waals surface area contributed by atoms with Crippen LogP contribution in [0.1, 0.15) is 32.3 Å². The number of carbonyl (C=O) groups excluding carboxylic acids is 1. The zero-order chi connectivity index (χ0) is 22.8. The van der Waals surface area contributed by atoms with Crippen molar-refractivity contribution in [2.45, 2.75) is 37.6 Å². The molecule has 1 aliphatic rings. The highest BCUT2D eigenvalue weighted by Gasteiger charge is 2.34. The van der Waals surface area contributed by atoms with E-state index >= 15 is 0 Å². The van der Waals surface area contributed by atoms with Gasteiger partial charge in [-0.05, 0) is 48.7 Å². The van der Waals surface area contributed by atoms with Gasteiger partial charge in [-0.1, -0.05) is 49.2 Å². The number of sulfonamides is 1. The second-order valence-corrected chi connectivity index (χ2v) is 10.9. The van der Waals surface area contributed by atoms with Crippen molar-refractivity contribution >= 4 is 44.8 Å². The third-order valence-corrected chi connectivity index (χ3v) is 8.22. The van der Waals surface area contributed by atoms with Gasteiger partial charge in [-0.25, -0.2) is 8.42 Å². The molecule has 1 aliphatic heterocycles. The fourth-order valence-corrected chi connectivity index (χ4v) is 5.42. The number of nitrogens with zero attached hydrogens (tertiary/aromatic N) is 1. The van der Waals surface area contributed by atoms with Gasteiger partial charge in [0.05, 0.1) is 41.8 Å². The van der Waals surface area contributed by atoms with E-state index in [1.807, 2.05) is 19.1 Å². The number of anilines is 1. The van der Waals surface area contributed by atoms with E-state index < -0.39 is 10.0 Å². The molecule has 0 unspecified atom stereocenters. The lowest BCUT2D eigenvalue weighted by molar-refractivity contribution is -0.917. The predicted molar refractivity (Wildman–Crippen MR) is 125 cm³/mol. The summed E-state index contributed by atoms with van der Waals surface area (Å²) < 4.78 is 27.5. The Morgan fingerprint density at radius 2 is 1.65 bits per heavy atom. The molecule has 0 radical (unpaired) electrons. The fourth-order valence-electron chi connectivity index (χ4n) is 3.64. The van der Waals surface area contributed by atoms with Crippen molar-refractivity contribution in [2.75, 3.05) is 31.5 Å². The monoisotopic (exact) mass is 484 g/mol. The Kier molecular flexibility index (Phi) is 7.65. The minimum absolute atomic E-state index is 0.181. The highest BCUT2D eigenvalue weighted by atomic mass is 35.5. The highest BCUT2D eigenvalue weighted by molar-refractivity contribution is 7.89. The molecule has 1 atom stereocenters. The molecule has 2 aromatic rings. The summed E-state index contributed by atoms with van der Waals surface area (Å²) in [5.41, 5.74) is 1.57. The van der Waals surface area contributed by atoms with Crippen molar-refractivity contribution in [3.8, 4) is 0 Å². The van der Waals surface area contributed by atoms with Crippen molar-refractivity contribution in [2.24, 2.45) is 0 Å². The first kappa shape index (κ1) is 24.0. The molecule has 168 valence electrons. The molecule has 3 rings (SSSR count). The fraction of sp³-hybridized carbons (Fsp3) is 0.409. The molecule has 6 nitrogen and oxygen atoms in total. The third kappa shape index (κ3) is 5.59. The maximum atomic E-state index is 13.0. The summed E-state index contributed by atoms with van der Waals surface area (Å²) >= 11 is 12.1. The van der Waals surface area contributed by atoms with Crippen LogP contribution in [-0.4, -0.2) is 50.9 Å². The summed E-state index contributed by atoms with van der Waals surface area (Å²) in [6.07, 6.45) is 0. The molecule has 0 aromatic heterocycles. The summed E-state index contributed by atoms with van der Waals surface area (Å²) in [7, 11) is -3.55. The van der Waals surface area contributed by atoms with Crippen LogP contribution in [0.2, 0.25) is 10.0 Å². The van der Waals surface area contributed by atoms with Gasteiger partial charge < -0.3 is 10.2 Å². The molecule has 1 amide bonds. The van der Waals surface area contributed by atoms with Crippen LogP contribution in [0, 0.1) is 0 Å². The number of rotatable bonds is 6. The van der Waals surface area contributed by atoms with E-state index in [0.29, 0.717) is 52.7 Å². The molecule has 31 heavy (non-hydrogen) atoms. The normalized spacial score (nSPS) is 17.0. The average Bonchev–Trinajstić information content (AvgIpc) is 2.75. The third-order valence-electron chi connectivity index (χ3n) is 5.74. The smallest absolute Gasteiger partial charge is 0.282 e. The minimum atomic E-state index is -3.55. The van der Waals surface area contributed by atoms with Crippen LogP contribution in [0.25, 0.3) is 0 Å². The number of halogens is 2. The molecule has 0 saturated carbocycles. The van der Waals surface area contributed by atoms with Crippen LogP contribution < -0.4 is 10.2 Å².